The summed E-state index contributed by atoms with van der Waals surface area (Å²) in [5.41, 5.74) is 0. The zero-order valence-corrected chi connectivity index (χ0v) is 16.2. The monoisotopic (exact) mass is 338 g/mol. The number of hydrogen-bond donors (Lipinski definition) is 2. The van der Waals surface area contributed by atoms with Crippen molar-refractivity contribution in [2.75, 3.05) is 13.1 Å². The maximum Gasteiger partial charge on any atom is 0.244 e. The lowest BCUT2D eigenvalue weighted by molar-refractivity contribution is -0.118. The van der Waals surface area contributed by atoms with E-state index in [1.807, 2.05) is 0 Å². The zero-order chi connectivity index (χ0) is 18.2. The van der Waals surface area contributed by atoms with Crippen LogP contribution in [0.1, 0.15) is 79.1 Å². The maximum absolute atomic E-state index is 11.8. The van der Waals surface area contributed by atoms with Crippen LogP contribution < -0.4 is 10.6 Å². The molecule has 2 atom stereocenters. The average Bonchev–Trinajstić information content (AvgIpc) is 2.60. The summed E-state index contributed by atoms with van der Waals surface area (Å²) in [7, 11) is 0. The second kappa shape index (κ2) is 15.2. The number of carbonyl (C=O) groups excluding carboxylic acids is 2. The molecule has 0 fully saturated rings. The van der Waals surface area contributed by atoms with Crippen LogP contribution in [0.5, 0.6) is 0 Å². The van der Waals surface area contributed by atoms with Crippen molar-refractivity contribution in [2.45, 2.75) is 79.1 Å². The van der Waals surface area contributed by atoms with Crippen LogP contribution in [-0.4, -0.2) is 24.9 Å². The Morgan fingerprint density at radius 3 is 1.42 bits per heavy atom. The highest BCUT2D eigenvalue weighted by atomic mass is 16.2. The Hall–Kier alpha value is -1.32. The van der Waals surface area contributed by atoms with Gasteiger partial charge in [-0.3, -0.25) is 9.59 Å². The third-order valence-electron chi connectivity index (χ3n) is 4.60. The van der Waals surface area contributed by atoms with Gasteiger partial charge >= 0.3 is 0 Å². The minimum atomic E-state index is -0.182. The molecule has 0 aromatic carbocycles. The van der Waals surface area contributed by atoms with Crippen molar-refractivity contribution in [3.05, 3.63) is 12.2 Å². The van der Waals surface area contributed by atoms with E-state index in [4.69, 9.17) is 0 Å². The Morgan fingerprint density at radius 2 is 1.12 bits per heavy atom. The van der Waals surface area contributed by atoms with Crippen molar-refractivity contribution in [1.29, 1.82) is 0 Å². The Bertz CT molecular complexity index is 333. The van der Waals surface area contributed by atoms with Crippen molar-refractivity contribution in [3.63, 3.8) is 0 Å². The van der Waals surface area contributed by atoms with Gasteiger partial charge in [0.2, 0.25) is 11.8 Å². The molecule has 0 aliphatic rings. The first-order valence-electron chi connectivity index (χ1n) is 9.80. The van der Waals surface area contributed by atoms with Gasteiger partial charge in [0.1, 0.15) is 0 Å². The SMILES string of the molecule is CCCCC(CC)CNC(=O)/C=C\C(=O)NCC(CC)CCCC. The van der Waals surface area contributed by atoms with E-state index in [2.05, 4.69) is 38.3 Å². The van der Waals surface area contributed by atoms with Crippen molar-refractivity contribution in [2.24, 2.45) is 11.8 Å². The van der Waals surface area contributed by atoms with Gasteiger partial charge in [-0.25, -0.2) is 0 Å². The number of rotatable bonds is 14. The third-order valence-corrected chi connectivity index (χ3v) is 4.60. The lowest BCUT2D eigenvalue weighted by atomic mass is 9.99. The molecule has 0 aromatic rings. The fourth-order valence-electron chi connectivity index (χ4n) is 2.65. The van der Waals surface area contributed by atoms with E-state index in [0.29, 0.717) is 24.9 Å². The first-order valence-corrected chi connectivity index (χ1v) is 9.80. The van der Waals surface area contributed by atoms with Crippen LogP contribution in [0.25, 0.3) is 0 Å². The first-order chi connectivity index (χ1) is 11.6. The predicted molar refractivity (Wildman–Crippen MR) is 102 cm³/mol. The predicted octanol–water partition coefficient (Wildman–Crippen LogP) is 4.21. The lowest BCUT2D eigenvalue weighted by Gasteiger charge is -2.15. The van der Waals surface area contributed by atoms with Gasteiger partial charge in [0.25, 0.3) is 0 Å². The van der Waals surface area contributed by atoms with E-state index in [1.165, 1.54) is 37.8 Å². The summed E-state index contributed by atoms with van der Waals surface area (Å²) in [5.74, 6) is 0.691. The number of carbonyl (C=O) groups is 2. The topological polar surface area (TPSA) is 58.2 Å². The summed E-state index contributed by atoms with van der Waals surface area (Å²) in [5, 5.41) is 5.79. The molecule has 2 unspecified atom stereocenters. The summed E-state index contributed by atoms with van der Waals surface area (Å²) < 4.78 is 0. The van der Waals surface area contributed by atoms with Gasteiger partial charge in [0, 0.05) is 25.2 Å². The zero-order valence-electron chi connectivity index (χ0n) is 16.2. The first kappa shape index (κ1) is 22.7. The molecule has 0 bridgehead atoms. The molecular weight excluding hydrogens is 300 g/mol. The molecular formula is C20H38N2O2. The summed E-state index contributed by atoms with van der Waals surface area (Å²) >= 11 is 0. The Kier molecular flexibility index (Phi) is 14.4. The highest BCUT2D eigenvalue weighted by Crippen LogP contribution is 2.11. The Labute approximate surface area is 148 Å². The molecule has 140 valence electrons. The molecule has 0 aromatic heterocycles. The second-order valence-electron chi connectivity index (χ2n) is 6.66. The molecule has 0 heterocycles. The molecule has 0 rings (SSSR count). The van der Waals surface area contributed by atoms with E-state index < -0.39 is 0 Å². The molecule has 2 amide bonds. The van der Waals surface area contributed by atoms with E-state index in [-0.39, 0.29) is 11.8 Å². The largest absolute Gasteiger partial charge is 0.352 e. The van der Waals surface area contributed by atoms with Crippen LogP contribution in [0, 0.1) is 11.8 Å². The molecule has 4 nitrogen and oxygen atoms in total. The van der Waals surface area contributed by atoms with Gasteiger partial charge in [-0.2, -0.15) is 0 Å². The third kappa shape index (κ3) is 12.1. The fraction of sp³-hybridized carbons (Fsp3) is 0.800. The quantitative estimate of drug-likeness (QED) is 0.466. The Morgan fingerprint density at radius 1 is 0.750 bits per heavy atom. The molecule has 0 saturated heterocycles. The van der Waals surface area contributed by atoms with Crippen molar-refractivity contribution < 1.29 is 9.59 Å². The summed E-state index contributed by atoms with van der Waals surface area (Å²) in [6.07, 6.45) is 11.9. The molecule has 0 radical (unpaired) electrons. The lowest BCUT2D eigenvalue weighted by Crippen LogP contribution is -2.30. The summed E-state index contributed by atoms with van der Waals surface area (Å²) in [6.45, 7) is 10.0. The van der Waals surface area contributed by atoms with Gasteiger partial charge < -0.3 is 10.6 Å². The van der Waals surface area contributed by atoms with Crippen LogP contribution >= 0.6 is 0 Å². The number of unbranched alkanes of at least 4 members (excludes halogenated alkanes) is 2. The van der Waals surface area contributed by atoms with E-state index in [1.54, 1.807) is 0 Å². The Balaban J connectivity index is 4.04. The minimum Gasteiger partial charge on any atom is -0.352 e. The molecule has 4 heteroatoms. The van der Waals surface area contributed by atoms with Gasteiger partial charge in [0.05, 0.1) is 0 Å². The molecule has 0 saturated carbocycles. The summed E-state index contributed by atoms with van der Waals surface area (Å²) in [6, 6.07) is 0. The van der Waals surface area contributed by atoms with Gasteiger partial charge in [-0.05, 0) is 24.7 Å². The number of amides is 2. The highest BCUT2D eigenvalue weighted by molar-refractivity contribution is 5.96. The van der Waals surface area contributed by atoms with Crippen molar-refractivity contribution >= 4 is 11.8 Å². The normalized spacial score (nSPS) is 13.7. The van der Waals surface area contributed by atoms with Crippen LogP contribution in [0.15, 0.2) is 12.2 Å². The fourth-order valence-corrected chi connectivity index (χ4v) is 2.65. The highest BCUT2D eigenvalue weighted by Gasteiger charge is 2.08. The van der Waals surface area contributed by atoms with Crippen LogP contribution in [0.2, 0.25) is 0 Å². The van der Waals surface area contributed by atoms with Gasteiger partial charge in [-0.1, -0.05) is 66.2 Å². The number of nitrogens with one attached hydrogen (secondary N) is 2. The molecule has 24 heavy (non-hydrogen) atoms. The second-order valence-corrected chi connectivity index (χ2v) is 6.66. The van der Waals surface area contributed by atoms with Crippen LogP contribution in [-0.2, 0) is 9.59 Å². The average molecular weight is 339 g/mol. The standard InChI is InChI=1S/C20H38N2O2/c1-5-9-11-17(7-3)15-21-19(23)13-14-20(24)22-16-18(8-4)12-10-6-2/h13-14,17-18H,5-12,15-16H2,1-4H3,(H,21,23)(H,22,24)/b14-13-. The minimum absolute atomic E-state index is 0.182. The van der Waals surface area contributed by atoms with Crippen molar-refractivity contribution in [3.8, 4) is 0 Å². The molecule has 0 aliphatic carbocycles. The summed E-state index contributed by atoms with van der Waals surface area (Å²) in [4.78, 5) is 23.6. The van der Waals surface area contributed by atoms with E-state index in [0.717, 1.165) is 25.7 Å². The smallest absolute Gasteiger partial charge is 0.244 e. The molecule has 2 N–H and O–H groups in total. The van der Waals surface area contributed by atoms with E-state index in [9.17, 15) is 9.59 Å². The van der Waals surface area contributed by atoms with Crippen LogP contribution in [0.4, 0.5) is 0 Å². The number of hydrogen-bond acceptors (Lipinski definition) is 2. The maximum atomic E-state index is 11.8. The van der Waals surface area contributed by atoms with Crippen molar-refractivity contribution in [1.82, 2.24) is 10.6 Å². The molecule has 0 aliphatic heterocycles. The molecule has 0 spiro atoms. The van der Waals surface area contributed by atoms with Gasteiger partial charge in [-0.15, -0.1) is 0 Å². The van der Waals surface area contributed by atoms with Crippen LogP contribution in [0.3, 0.4) is 0 Å². The van der Waals surface area contributed by atoms with E-state index >= 15 is 0 Å². The van der Waals surface area contributed by atoms with Gasteiger partial charge in [0.15, 0.2) is 0 Å².